The second kappa shape index (κ2) is 7.94. The molecule has 7 heteroatoms. The van der Waals surface area contributed by atoms with Gasteiger partial charge in [-0.15, -0.1) is 0 Å². The minimum Gasteiger partial charge on any atom is -0.497 e. The molecule has 1 aliphatic rings. The van der Waals surface area contributed by atoms with Gasteiger partial charge in [-0.1, -0.05) is 24.0 Å². The van der Waals surface area contributed by atoms with E-state index >= 15 is 0 Å². The van der Waals surface area contributed by atoms with Crippen molar-refractivity contribution >= 4 is 51.8 Å². The number of carbonyl (C=O) groups is 2. The Labute approximate surface area is 167 Å². The topological polar surface area (TPSA) is 55.8 Å². The first-order chi connectivity index (χ1) is 12.9. The number of ether oxygens (including phenoxy) is 2. The van der Waals surface area contributed by atoms with Crippen molar-refractivity contribution in [1.29, 1.82) is 0 Å². The molecule has 2 aromatic rings. The van der Waals surface area contributed by atoms with Crippen molar-refractivity contribution in [2.45, 2.75) is 6.92 Å². The zero-order chi connectivity index (χ0) is 19.6. The molecule has 0 radical (unpaired) electrons. The van der Waals surface area contributed by atoms with E-state index in [0.29, 0.717) is 32.0 Å². The highest BCUT2D eigenvalue weighted by atomic mass is 32.2. The van der Waals surface area contributed by atoms with Gasteiger partial charge in [0.25, 0.3) is 5.91 Å². The SMILES string of the molecule is COc1ccc(OC)c(C=C2SC(=S)N(c3ccc(C(C)=O)cc3)C2=O)c1. The zero-order valence-corrected chi connectivity index (χ0v) is 16.6. The van der Waals surface area contributed by atoms with Gasteiger partial charge in [0.2, 0.25) is 0 Å². The van der Waals surface area contributed by atoms with Crippen LogP contribution in [0.1, 0.15) is 22.8 Å². The smallest absolute Gasteiger partial charge is 0.270 e. The summed E-state index contributed by atoms with van der Waals surface area (Å²) in [5.74, 6) is 1.05. The average molecular weight is 399 g/mol. The van der Waals surface area contributed by atoms with Crippen molar-refractivity contribution in [2.24, 2.45) is 0 Å². The van der Waals surface area contributed by atoms with Crippen LogP contribution >= 0.6 is 24.0 Å². The van der Waals surface area contributed by atoms with E-state index in [1.807, 2.05) is 0 Å². The standard InChI is InChI=1S/C20H17NO4S2/c1-12(22)13-4-6-15(7-5-13)21-19(23)18(27-20(21)26)11-14-10-16(24-2)8-9-17(14)25-3/h4-11H,1-3H3. The first kappa shape index (κ1) is 19.1. The predicted molar refractivity (Wildman–Crippen MR) is 112 cm³/mol. The lowest BCUT2D eigenvalue weighted by Crippen LogP contribution is -2.27. The number of nitrogens with zero attached hydrogens (tertiary/aromatic N) is 1. The number of hydrogen-bond acceptors (Lipinski definition) is 6. The molecule has 0 saturated carbocycles. The molecule has 0 bridgehead atoms. The summed E-state index contributed by atoms with van der Waals surface area (Å²) in [5, 5.41) is 0. The minimum absolute atomic E-state index is 0.0306. The molecule has 1 saturated heterocycles. The van der Waals surface area contributed by atoms with Gasteiger partial charge in [0, 0.05) is 11.1 Å². The summed E-state index contributed by atoms with van der Waals surface area (Å²) >= 11 is 6.61. The largest absolute Gasteiger partial charge is 0.497 e. The molecule has 138 valence electrons. The highest BCUT2D eigenvalue weighted by Gasteiger charge is 2.33. The third-order valence-corrected chi connectivity index (χ3v) is 5.35. The highest BCUT2D eigenvalue weighted by Crippen LogP contribution is 2.37. The Morgan fingerprint density at radius 1 is 1.11 bits per heavy atom. The van der Waals surface area contributed by atoms with Crippen LogP contribution in [-0.2, 0) is 4.79 Å². The second-order valence-corrected chi connectivity index (χ2v) is 7.40. The Kier molecular flexibility index (Phi) is 5.62. The molecule has 0 aromatic heterocycles. The molecule has 0 unspecified atom stereocenters. The molecule has 5 nitrogen and oxygen atoms in total. The molecule has 3 rings (SSSR count). The van der Waals surface area contributed by atoms with Gasteiger partial charge < -0.3 is 9.47 Å². The first-order valence-electron chi connectivity index (χ1n) is 8.05. The molecule has 2 aromatic carbocycles. The molecular formula is C20H17NO4S2. The third kappa shape index (κ3) is 3.89. The van der Waals surface area contributed by atoms with Crippen LogP contribution < -0.4 is 14.4 Å². The quantitative estimate of drug-likeness (QED) is 0.424. The fraction of sp³-hybridized carbons (Fsp3) is 0.150. The molecule has 0 spiro atoms. The zero-order valence-electron chi connectivity index (χ0n) is 15.0. The summed E-state index contributed by atoms with van der Waals surface area (Å²) < 4.78 is 11.0. The van der Waals surface area contributed by atoms with E-state index in [-0.39, 0.29) is 11.7 Å². The summed E-state index contributed by atoms with van der Waals surface area (Å²) in [6.45, 7) is 1.50. The fourth-order valence-corrected chi connectivity index (χ4v) is 3.92. The second-order valence-electron chi connectivity index (χ2n) is 5.73. The predicted octanol–water partition coefficient (Wildman–Crippen LogP) is 4.31. The lowest BCUT2D eigenvalue weighted by Gasteiger charge is -2.14. The van der Waals surface area contributed by atoms with Gasteiger partial charge in [0.15, 0.2) is 10.1 Å². The van der Waals surface area contributed by atoms with Crippen molar-refractivity contribution in [3.63, 3.8) is 0 Å². The van der Waals surface area contributed by atoms with E-state index in [0.717, 1.165) is 5.56 Å². The van der Waals surface area contributed by atoms with Gasteiger partial charge in [-0.05, 0) is 55.5 Å². The molecule has 1 fully saturated rings. The Morgan fingerprint density at radius 2 is 1.81 bits per heavy atom. The minimum atomic E-state index is -0.217. The van der Waals surface area contributed by atoms with E-state index in [4.69, 9.17) is 21.7 Å². The van der Waals surface area contributed by atoms with Gasteiger partial charge in [-0.2, -0.15) is 0 Å². The van der Waals surface area contributed by atoms with E-state index in [1.54, 1.807) is 62.8 Å². The molecule has 1 heterocycles. The van der Waals surface area contributed by atoms with E-state index in [2.05, 4.69) is 0 Å². The van der Waals surface area contributed by atoms with Crippen LogP contribution in [0.15, 0.2) is 47.4 Å². The van der Waals surface area contributed by atoms with Crippen LogP contribution in [0.2, 0.25) is 0 Å². The van der Waals surface area contributed by atoms with Gasteiger partial charge in [0.05, 0.1) is 24.8 Å². The van der Waals surface area contributed by atoms with Gasteiger partial charge in [-0.25, -0.2) is 0 Å². The molecular weight excluding hydrogens is 382 g/mol. The number of carbonyl (C=O) groups excluding carboxylic acids is 2. The van der Waals surface area contributed by atoms with Crippen LogP contribution in [0.25, 0.3) is 6.08 Å². The summed E-state index contributed by atoms with van der Waals surface area (Å²) in [5.41, 5.74) is 1.94. The maximum absolute atomic E-state index is 12.9. The van der Waals surface area contributed by atoms with Crippen LogP contribution in [0.4, 0.5) is 5.69 Å². The number of hydrogen-bond donors (Lipinski definition) is 0. The van der Waals surface area contributed by atoms with E-state index < -0.39 is 0 Å². The van der Waals surface area contributed by atoms with Crippen molar-refractivity contribution in [3.05, 3.63) is 58.5 Å². The molecule has 27 heavy (non-hydrogen) atoms. The third-order valence-electron chi connectivity index (χ3n) is 4.05. The maximum atomic E-state index is 12.9. The molecule has 0 N–H and O–H groups in total. The van der Waals surface area contributed by atoms with Gasteiger partial charge in [-0.3, -0.25) is 14.5 Å². The maximum Gasteiger partial charge on any atom is 0.270 e. The fourth-order valence-electron chi connectivity index (χ4n) is 2.63. The van der Waals surface area contributed by atoms with Crippen LogP contribution in [0.3, 0.4) is 0 Å². The number of ketones is 1. The molecule has 0 aliphatic carbocycles. The monoisotopic (exact) mass is 399 g/mol. The normalized spacial score (nSPS) is 15.4. The summed E-state index contributed by atoms with van der Waals surface area (Å²) in [7, 11) is 3.15. The number of anilines is 1. The van der Waals surface area contributed by atoms with Crippen molar-refractivity contribution in [3.8, 4) is 11.5 Å². The Balaban J connectivity index is 1.94. The molecule has 1 aliphatic heterocycles. The average Bonchev–Trinajstić information content (AvgIpc) is 2.95. The van der Waals surface area contributed by atoms with Crippen LogP contribution in [0.5, 0.6) is 11.5 Å². The van der Waals surface area contributed by atoms with Gasteiger partial charge >= 0.3 is 0 Å². The molecule has 1 amide bonds. The van der Waals surface area contributed by atoms with Crippen LogP contribution in [-0.4, -0.2) is 30.2 Å². The lowest BCUT2D eigenvalue weighted by molar-refractivity contribution is -0.113. The van der Waals surface area contributed by atoms with Crippen molar-refractivity contribution in [1.82, 2.24) is 0 Å². The number of rotatable bonds is 5. The Bertz CT molecular complexity index is 951. The van der Waals surface area contributed by atoms with Crippen molar-refractivity contribution in [2.75, 3.05) is 19.1 Å². The number of Topliss-reactive ketones (excluding diaryl/α,β-unsaturated/α-hetero) is 1. The number of thioether (sulfide) groups is 1. The highest BCUT2D eigenvalue weighted by molar-refractivity contribution is 8.27. The molecule has 0 atom stereocenters. The summed E-state index contributed by atoms with van der Waals surface area (Å²) in [4.78, 5) is 26.3. The summed E-state index contributed by atoms with van der Waals surface area (Å²) in [6, 6.07) is 12.2. The number of methoxy groups -OCH3 is 2. The summed E-state index contributed by atoms with van der Waals surface area (Å²) in [6.07, 6.45) is 1.74. The first-order valence-corrected chi connectivity index (χ1v) is 9.28. The number of amides is 1. The number of benzene rings is 2. The van der Waals surface area contributed by atoms with E-state index in [9.17, 15) is 9.59 Å². The number of thiocarbonyl (C=S) groups is 1. The van der Waals surface area contributed by atoms with E-state index in [1.165, 1.54) is 23.6 Å². The Hall–Kier alpha value is -2.64. The lowest BCUT2D eigenvalue weighted by atomic mass is 10.1. The van der Waals surface area contributed by atoms with Crippen molar-refractivity contribution < 1.29 is 19.1 Å². The van der Waals surface area contributed by atoms with Gasteiger partial charge in [0.1, 0.15) is 11.5 Å². The van der Waals surface area contributed by atoms with Crippen LogP contribution in [0, 0.1) is 0 Å². The Morgan fingerprint density at radius 3 is 2.41 bits per heavy atom.